The van der Waals surface area contributed by atoms with Crippen molar-refractivity contribution in [2.45, 2.75) is 20.3 Å². The Labute approximate surface area is 184 Å². The number of nitrogens with one attached hydrogen (secondary N) is 1. The second-order valence-corrected chi connectivity index (χ2v) is 7.59. The zero-order valence-electron chi connectivity index (χ0n) is 17.6. The van der Waals surface area contributed by atoms with Crippen molar-refractivity contribution in [3.8, 4) is 11.5 Å². The molecule has 0 spiro atoms. The number of hydroxylamine groups is 1. The van der Waals surface area contributed by atoms with Crippen LogP contribution in [0.2, 0.25) is 0 Å². The van der Waals surface area contributed by atoms with E-state index in [-0.39, 0.29) is 18.1 Å². The molecular weight excluding hydrogens is 412 g/mol. The predicted molar refractivity (Wildman–Crippen MR) is 119 cm³/mol. The minimum atomic E-state index is -0.558. The molecule has 0 fully saturated rings. The van der Waals surface area contributed by atoms with Gasteiger partial charge in [-0.3, -0.25) is 10.0 Å². The largest absolute Gasteiger partial charge is 0.457 e. The van der Waals surface area contributed by atoms with Crippen LogP contribution in [-0.4, -0.2) is 11.1 Å². The lowest BCUT2D eigenvalue weighted by Crippen LogP contribution is -2.18. The van der Waals surface area contributed by atoms with E-state index in [4.69, 9.17) is 9.94 Å². The zero-order valence-corrected chi connectivity index (χ0v) is 17.6. The van der Waals surface area contributed by atoms with Gasteiger partial charge in [-0.15, -0.1) is 0 Å². The summed E-state index contributed by atoms with van der Waals surface area (Å²) in [5.74, 6) is -0.0913. The highest BCUT2D eigenvalue weighted by molar-refractivity contribution is 6.08. The van der Waals surface area contributed by atoms with Gasteiger partial charge in [0.2, 0.25) is 5.91 Å². The second-order valence-electron chi connectivity index (χ2n) is 7.59. The summed E-state index contributed by atoms with van der Waals surface area (Å²) < 4.78 is 33.1. The Morgan fingerprint density at radius 2 is 1.59 bits per heavy atom. The monoisotopic (exact) mass is 433 g/mol. The number of carbonyl (C=O) groups is 1. The first-order valence-corrected chi connectivity index (χ1v) is 10.1. The van der Waals surface area contributed by atoms with E-state index >= 15 is 0 Å². The molecule has 3 aromatic rings. The van der Waals surface area contributed by atoms with E-state index in [9.17, 15) is 13.6 Å². The maximum absolute atomic E-state index is 14.3. The summed E-state index contributed by atoms with van der Waals surface area (Å²) in [6.07, 6.45) is 1.92. The van der Waals surface area contributed by atoms with Crippen LogP contribution in [0.15, 0.2) is 66.2 Å². The molecule has 2 N–H and O–H groups in total. The molecule has 6 heteroatoms. The number of fused-ring (bicyclic) bond motifs is 1. The Hall–Kier alpha value is -3.77. The van der Waals surface area contributed by atoms with Crippen molar-refractivity contribution in [2.75, 3.05) is 0 Å². The Kier molecular flexibility index (Phi) is 5.88. The first-order chi connectivity index (χ1) is 15.4. The number of rotatable bonds is 5. The first-order valence-electron chi connectivity index (χ1n) is 10.1. The molecule has 0 atom stereocenters. The van der Waals surface area contributed by atoms with Crippen LogP contribution >= 0.6 is 0 Å². The summed E-state index contributed by atoms with van der Waals surface area (Å²) in [6.45, 7) is 3.57. The van der Waals surface area contributed by atoms with E-state index in [1.807, 2.05) is 25.1 Å². The molecule has 0 aromatic heterocycles. The van der Waals surface area contributed by atoms with Crippen LogP contribution in [0.5, 0.6) is 11.5 Å². The number of hydrogen-bond acceptors (Lipinski definition) is 3. The number of carbonyl (C=O) groups excluding carboxylic acids is 1. The highest BCUT2D eigenvalue weighted by Crippen LogP contribution is 2.45. The molecule has 0 saturated carbocycles. The molecule has 1 amide bonds. The van der Waals surface area contributed by atoms with Gasteiger partial charge in [-0.25, -0.2) is 14.3 Å². The molecule has 32 heavy (non-hydrogen) atoms. The van der Waals surface area contributed by atoms with Crippen molar-refractivity contribution in [1.29, 1.82) is 0 Å². The summed E-state index contributed by atoms with van der Waals surface area (Å²) in [7, 11) is 0. The molecule has 3 aromatic carbocycles. The quantitative estimate of drug-likeness (QED) is 0.367. The third-order valence-electron chi connectivity index (χ3n) is 5.55. The summed E-state index contributed by atoms with van der Waals surface area (Å²) in [6, 6.07) is 16.3. The average Bonchev–Trinajstić information content (AvgIpc) is 3.05. The second kappa shape index (κ2) is 8.77. The van der Waals surface area contributed by atoms with Crippen molar-refractivity contribution in [3.05, 3.63) is 100 Å². The highest BCUT2D eigenvalue weighted by atomic mass is 19.1. The lowest BCUT2D eigenvalue weighted by molar-refractivity contribution is -0.128. The molecule has 4 rings (SSSR count). The molecular formula is C26H21F2NO3. The van der Waals surface area contributed by atoms with Gasteiger partial charge in [0.25, 0.3) is 0 Å². The number of benzene rings is 3. The van der Waals surface area contributed by atoms with Gasteiger partial charge in [0.1, 0.15) is 23.1 Å². The van der Waals surface area contributed by atoms with Crippen LogP contribution in [0, 0.1) is 18.6 Å². The standard InChI is InChI=1S/C26H21F2NO3/c1-15-22(21-11-12-24(28)16(2)26(21)23(15)14-25(30)29-31)13-17-3-7-19(8-4-17)32-20-9-5-18(27)6-10-20/h3-13,31H,14H2,1-2H3,(H,29,30)/b22-13-. The van der Waals surface area contributed by atoms with Gasteiger partial charge >= 0.3 is 0 Å². The first kappa shape index (κ1) is 21.5. The third-order valence-corrected chi connectivity index (χ3v) is 5.55. The normalized spacial score (nSPS) is 14.0. The van der Waals surface area contributed by atoms with Crippen LogP contribution < -0.4 is 10.2 Å². The third kappa shape index (κ3) is 4.18. The highest BCUT2D eigenvalue weighted by Gasteiger charge is 2.27. The van der Waals surface area contributed by atoms with E-state index in [0.29, 0.717) is 28.2 Å². The topological polar surface area (TPSA) is 58.6 Å². The summed E-state index contributed by atoms with van der Waals surface area (Å²) >= 11 is 0. The zero-order chi connectivity index (χ0) is 22.8. The molecule has 0 aliphatic heterocycles. The Bertz CT molecular complexity index is 1240. The fourth-order valence-electron chi connectivity index (χ4n) is 3.90. The summed E-state index contributed by atoms with van der Waals surface area (Å²) in [5.41, 5.74) is 6.96. The SMILES string of the molecule is CC1=C(CC(=O)NO)c2c(ccc(F)c2C)/C1=C\c1ccc(Oc2ccc(F)cc2)cc1. The van der Waals surface area contributed by atoms with Crippen LogP contribution in [0.4, 0.5) is 8.78 Å². The van der Waals surface area contributed by atoms with Gasteiger partial charge in [0, 0.05) is 0 Å². The molecule has 0 bridgehead atoms. The fraction of sp³-hybridized carbons (Fsp3) is 0.115. The van der Waals surface area contributed by atoms with Crippen molar-refractivity contribution >= 4 is 23.1 Å². The Morgan fingerprint density at radius 3 is 2.22 bits per heavy atom. The molecule has 4 nitrogen and oxygen atoms in total. The van der Waals surface area contributed by atoms with E-state index < -0.39 is 5.91 Å². The van der Waals surface area contributed by atoms with Crippen molar-refractivity contribution in [3.63, 3.8) is 0 Å². The Balaban J connectivity index is 1.68. The predicted octanol–water partition coefficient (Wildman–Crippen LogP) is 6.29. The number of halogens is 2. The van der Waals surface area contributed by atoms with Gasteiger partial charge in [-0.05, 0) is 101 Å². The lowest BCUT2D eigenvalue weighted by Gasteiger charge is -2.10. The van der Waals surface area contributed by atoms with Crippen LogP contribution in [0.3, 0.4) is 0 Å². The van der Waals surface area contributed by atoms with Gasteiger partial charge in [0.05, 0.1) is 6.42 Å². The maximum Gasteiger partial charge on any atom is 0.247 e. The van der Waals surface area contributed by atoms with E-state index in [1.54, 1.807) is 42.7 Å². The molecule has 0 unspecified atom stereocenters. The lowest BCUT2D eigenvalue weighted by atomic mass is 9.96. The number of hydrogen-bond donors (Lipinski definition) is 2. The smallest absolute Gasteiger partial charge is 0.247 e. The van der Waals surface area contributed by atoms with Crippen molar-refractivity contribution in [2.24, 2.45) is 0 Å². The molecule has 1 aliphatic rings. The van der Waals surface area contributed by atoms with Gasteiger partial charge in [-0.1, -0.05) is 18.2 Å². The minimum absolute atomic E-state index is 0.0542. The summed E-state index contributed by atoms with van der Waals surface area (Å²) in [5, 5.41) is 8.96. The minimum Gasteiger partial charge on any atom is -0.457 e. The average molecular weight is 433 g/mol. The van der Waals surface area contributed by atoms with Gasteiger partial charge in [-0.2, -0.15) is 0 Å². The summed E-state index contributed by atoms with van der Waals surface area (Å²) in [4.78, 5) is 11.8. The van der Waals surface area contributed by atoms with Crippen molar-refractivity contribution in [1.82, 2.24) is 5.48 Å². The fourth-order valence-corrected chi connectivity index (χ4v) is 3.90. The molecule has 1 aliphatic carbocycles. The molecule has 0 radical (unpaired) electrons. The van der Waals surface area contributed by atoms with Crippen LogP contribution in [0.25, 0.3) is 17.2 Å². The van der Waals surface area contributed by atoms with Crippen LogP contribution in [-0.2, 0) is 4.79 Å². The van der Waals surface area contributed by atoms with Gasteiger partial charge in [0.15, 0.2) is 0 Å². The maximum atomic E-state index is 14.3. The van der Waals surface area contributed by atoms with E-state index in [0.717, 1.165) is 22.3 Å². The molecule has 162 valence electrons. The van der Waals surface area contributed by atoms with Crippen molar-refractivity contribution < 1.29 is 23.5 Å². The number of allylic oxidation sites excluding steroid dienone is 2. The van der Waals surface area contributed by atoms with E-state index in [1.165, 1.54) is 18.2 Å². The number of amides is 1. The van der Waals surface area contributed by atoms with Gasteiger partial charge < -0.3 is 4.74 Å². The van der Waals surface area contributed by atoms with E-state index in [2.05, 4.69) is 0 Å². The Morgan fingerprint density at radius 1 is 0.969 bits per heavy atom. The van der Waals surface area contributed by atoms with Crippen LogP contribution in [0.1, 0.15) is 35.6 Å². The molecule has 0 saturated heterocycles. The number of ether oxygens (including phenoxy) is 1. The molecule has 0 heterocycles.